The highest BCUT2D eigenvalue weighted by Crippen LogP contribution is 2.42. The summed E-state index contributed by atoms with van der Waals surface area (Å²) >= 11 is 0. The van der Waals surface area contributed by atoms with Gasteiger partial charge in [0.1, 0.15) is 11.7 Å². The van der Waals surface area contributed by atoms with Gasteiger partial charge >= 0.3 is 11.9 Å². The summed E-state index contributed by atoms with van der Waals surface area (Å²) in [7, 11) is 1.26. The largest absolute Gasteiger partial charge is 0.500 e. The van der Waals surface area contributed by atoms with Gasteiger partial charge in [0.2, 0.25) is 0 Å². The monoisotopic (exact) mass is 295 g/mol. The molecule has 0 saturated heterocycles. The highest BCUT2D eigenvalue weighted by Gasteiger charge is 2.60. The lowest BCUT2D eigenvalue weighted by atomic mass is 9.68. The maximum absolute atomic E-state index is 12.3. The Morgan fingerprint density at radius 3 is 2.24 bits per heavy atom. The second-order valence-electron chi connectivity index (χ2n) is 4.37. The van der Waals surface area contributed by atoms with E-state index in [1.807, 2.05) is 6.07 Å². The average Bonchev–Trinajstić information content (AvgIpc) is 2.46. The van der Waals surface area contributed by atoms with E-state index in [0.29, 0.717) is 0 Å². The summed E-state index contributed by atoms with van der Waals surface area (Å²) in [6.45, 7) is 3.16. The third kappa shape index (κ3) is 2.89. The number of nitrogens with zero attached hydrogens (tertiary/aromatic N) is 1. The van der Waals surface area contributed by atoms with Crippen LogP contribution in [-0.4, -0.2) is 38.0 Å². The number of allylic oxidation sites excluding steroid dienone is 2. The summed E-state index contributed by atoms with van der Waals surface area (Å²) in [4.78, 5) is 36.5. The first-order chi connectivity index (χ1) is 9.97. The van der Waals surface area contributed by atoms with Crippen LogP contribution >= 0.6 is 0 Å². The summed E-state index contributed by atoms with van der Waals surface area (Å²) in [6.07, 6.45) is 0.639. The Hall–Kier alpha value is -2.36. The fourth-order valence-electron chi connectivity index (χ4n) is 2.25. The van der Waals surface area contributed by atoms with Crippen LogP contribution in [0.1, 0.15) is 20.3 Å². The van der Waals surface area contributed by atoms with Gasteiger partial charge in [-0.2, -0.15) is 5.26 Å². The minimum atomic E-state index is -2.02. The molecule has 0 aromatic rings. The van der Waals surface area contributed by atoms with Gasteiger partial charge < -0.3 is 14.2 Å². The van der Waals surface area contributed by atoms with E-state index in [1.54, 1.807) is 13.8 Å². The van der Waals surface area contributed by atoms with Crippen molar-refractivity contribution in [2.24, 2.45) is 11.3 Å². The molecule has 114 valence electrons. The molecule has 0 fully saturated rings. The van der Waals surface area contributed by atoms with Crippen LogP contribution < -0.4 is 0 Å². The molecule has 1 atom stereocenters. The van der Waals surface area contributed by atoms with Gasteiger partial charge in [0.15, 0.2) is 11.2 Å². The minimum Gasteiger partial charge on any atom is -0.500 e. The lowest BCUT2D eigenvalue weighted by molar-refractivity contribution is -0.177. The van der Waals surface area contributed by atoms with Crippen LogP contribution in [0, 0.1) is 22.7 Å². The highest BCUT2D eigenvalue weighted by atomic mass is 16.6. The van der Waals surface area contributed by atoms with Gasteiger partial charge in [-0.05, 0) is 13.8 Å². The predicted octanol–water partition coefficient (Wildman–Crippen LogP) is 0.742. The Bertz CT molecular complexity index is 498. The molecule has 1 unspecified atom stereocenters. The molecule has 0 aliphatic heterocycles. The molecule has 0 heterocycles. The number of rotatable bonds is 5. The second kappa shape index (κ2) is 6.88. The zero-order valence-electron chi connectivity index (χ0n) is 12.2. The number of hydrogen-bond donors (Lipinski definition) is 0. The van der Waals surface area contributed by atoms with Crippen LogP contribution in [0.25, 0.3) is 0 Å². The van der Waals surface area contributed by atoms with Crippen molar-refractivity contribution in [1.82, 2.24) is 0 Å². The molecule has 0 amide bonds. The Balaban J connectivity index is 3.44. The molecule has 7 nitrogen and oxygen atoms in total. The summed E-state index contributed by atoms with van der Waals surface area (Å²) in [5.74, 6) is -3.72. The zero-order chi connectivity index (χ0) is 16.0. The first-order valence-corrected chi connectivity index (χ1v) is 6.50. The molecule has 21 heavy (non-hydrogen) atoms. The molecule has 0 aromatic carbocycles. The Morgan fingerprint density at radius 2 is 1.86 bits per heavy atom. The van der Waals surface area contributed by atoms with Gasteiger partial charge in [-0.25, -0.2) is 0 Å². The van der Waals surface area contributed by atoms with E-state index >= 15 is 0 Å². The van der Waals surface area contributed by atoms with E-state index in [0.717, 1.165) is 6.08 Å². The minimum absolute atomic E-state index is 0.0123. The smallest absolute Gasteiger partial charge is 0.325 e. The summed E-state index contributed by atoms with van der Waals surface area (Å²) in [6, 6.07) is 1.85. The van der Waals surface area contributed by atoms with E-state index in [-0.39, 0.29) is 19.0 Å². The lowest BCUT2D eigenvalue weighted by Gasteiger charge is -2.34. The third-order valence-corrected chi connectivity index (χ3v) is 3.18. The molecule has 0 spiro atoms. The Morgan fingerprint density at radius 1 is 1.33 bits per heavy atom. The van der Waals surface area contributed by atoms with Crippen molar-refractivity contribution in [1.29, 1.82) is 5.26 Å². The van der Waals surface area contributed by atoms with Crippen molar-refractivity contribution >= 4 is 17.7 Å². The Kier molecular flexibility index (Phi) is 5.47. The number of esters is 2. The van der Waals surface area contributed by atoms with Crippen molar-refractivity contribution in [3.8, 4) is 6.07 Å². The average molecular weight is 295 g/mol. The van der Waals surface area contributed by atoms with Crippen LogP contribution in [0.3, 0.4) is 0 Å². The molecule has 1 aliphatic rings. The summed E-state index contributed by atoms with van der Waals surface area (Å²) < 4.78 is 14.8. The quantitative estimate of drug-likeness (QED) is 0.544. The summed E-state index contributed by atoms with van der Waals surface area (Å²) in [5.41, 5.74) is -2.02. The van der Waals surface area contributed by atoms with Crippen molar-refractivity contribution < 1.29 is 28.6 Å². The third-order valence-electron chi connectivity index (χ3n) is 3.18. The van der Waals surface area contributed by atoms with Crippen LogP contribution in [-0.2, 0) is 28.6 Å². The summed E-state index contributed by atoms with van der Waals surface area (Å²) in [5, 5.41) is 9.35. The van der Waals surface area contributed by atoms with Crippen molar-refractivity contribution in [2.45, 2.75) is 20.3 Å². The normalized spacial score (nSPS) is 20.0. The molecular formula is C14H17NO6. The van der Waals surface area contributed by atoms with Crippen LogP contribution in [0.15, 0.2) is 11.8 Å². The standard InChI is InChI=1S/C14H17NO6/c1-4-20-12(17)14(13(18)21-5-2)7-9(16)6-11(19-3)10(14)8-15/h6,10H,4-5,7H2,1-3H3. The number of carbonyl (C=O) groups excluding carboxylic acids is 3. The van der Waals surface area contributed by atoms with E-state index in [9.17, 15) is 19.6 Å². The fraction of sp³-hybridized carbons (Fsp3) is 0.571. The van der Waals surface area contributed by atoms with Crippen molar-refractivity contribution in [3.63, 3.8) is 0 Å². The van der Waals surface area contributed by atoms with Gasteiger partial charge in [0.25, 0.3) is 0 Å². The van der Waals surface area contributed by atoms with Crippen LogP contribution in [0.4, 0.5) is 0 Å². The van der Waals surface area contributed by atoms with Gasteiger partial charge in [-0.15, -0.1) is 0 Å². The number of ether oxygens (including phenoxy) is 3. The maximum atomic E-state index is 12.3. The number of hydrogen-bond acceptors (Lipinski definition) is 7. The molecule has 1 rings (SSSR count). The number of methoxy groups -OCH3 is 1. The number of carbonyl (C=O) groups is 3. The number of nitriles is 1. The second-order valence-corrected chi connectivity index (χ2v) is 4.37. The van der Waals surface area contributed by atoms with Gasteiger partial charge in [0.05, 0.1) is 26.4 Å². The molecule has 7 heteroatoms. The number of ketones is 1. The highest BCUT2D eigenvalue weighted by molar-refractivity contribution is 6.08. The van der Waals surface area contributed by atoms with E-state index < -0.39 is 35.5 Å². The van der Waals surface area contributed by atoms with Gasteiger partial charge in [-0.3, -0.25) is 14.4 Å². The van der Waals surface area contributed by atoms with Crippen molar-refractivity contribution in [3.05, 3.63) is 11.8 Å². The molecule has 0 saturated carbocycles. The first-order valence-electron chi connectivity index (χ1n) is 6.50. The fourth-order valence-corrected chi connectivity index (χ4v) is 2.25. The van der Waals surface area contributed by atoms with E-state index in [4.69, 9.17) is 14.2 Å². The molecule has 1 aliphatic carbocycles. The maximum Gasteiger partial charge on any atom is 0.325 e. The molecule has 0 aromatic heterocycles. The van der Waals surface area contributed by atoms with Gasteiger partial charge in [0, 0.05) is 12.5 Å². The topological polar surface area (TPSA) is 103 Å². The predicted molar refractivity (Wildman–Crippen MR) is 69.5 cm³/mol. The lowest BCUT2D eigenvalue weighted by Crippen LogP contribution is -2.51. The molecule has 0 radical (unpaired) electrons. The van der Waals surface area contributed by atoms with Crippen LogP contribution in [0.2, 0.25) is 0 Å². The Labute approximate surface area is 122 Å². The zero-order valence-corrected chi connectivity index (χ0v) is 12.2. The van der Waals surface area contributed by atoms with Crippen LogP contribution in [0.5, 0.6) is 0 Å². The van der Waals surface area contributed by atoms with Crippen molar-refractivity contribution in [2.75, 3.05) is 20.3 Å². The molecule has 0 N–H and O–H groups in total. The van der Waals surface area contributed by atoms with E-state index in [2.05, 4.69) is 0 Å². The van der Waals surface area contributed by atoms with Gasteiger partial charge in [-0.1, -0.05) is 0 Å². The van der Waals surface area contributed by atoms with E-state index in [1.165, 1.54) is 7.11 Å². The molecule has 0 bridgehead atoms. The molecular weight excluding hydrogens is 278 g/mol. The first kappa shape index (κ1) is 16.7. The SMILES string of the molecule is CCOC(=O)C1(C(=O)OCC)CC(=O)C=C(OC)C1C#N.